The van der Waals surface area contributed by atoms with Crippen LogP contribution in [0.2, 0.25) is 0 Å². The summed E-state index contributed by atoms with van der Waals surface area (Å²) in [4.78, 5) is 49.1. The van der Waals surface area contributed by atoms with E-state index in [2.05, 4.69) is 21.3 Å². The van der Waals surface area contributed by atoms with Gasteiger partial charge < -0.3 is 31.5 Å². The number of carbonyl (C=O) groups excluding carboxylic acids is 3. The molecule has 0 radical (unpaired) electrons. The van der Waals surface area contributed by atoms with E-state index in [4.69, 9.17) is 0 Å². The van der Waals surface area contributed by atoms with Crippen LogP contribution in [-0.4, -0.2) is 82.7 Å². The lowest BCUT2D eigenvalue weighted by Crippen LogP contribution is -2.60. The van der Waals surface area contributed by atoms with Crippen LogP contribution < -0.4 is 21.3 Å². The third kappa shape index (κ3) is 8.11. The smallest absolute Gasteiger partial charge is 0.326 e. The van der Waals surface area contributed by atoms with E-state index in [1.807, 2.05) is 6.26 Å². The molecule has 5 unspecified atom stereocenters. The van der Waals surface area contributed by atoms with Crippen LogP contribution in [0.1, 0.15) is 40.0 Å². The van der Waals surface area contributed by atoms with Crippen molar-refractivity contribution in [3.63, 3.8) is 0 Å². The molecular weight excluding hydrogens is 412 g/mol. The largest absolute Gasteiger partial charge is 0.480 e. The SMILES string of the molecule is CSCCC(NC(=O)C1CCCN1)C(=O)NC(C(=O)NC(C(=O)O)C(C)C)C(C)O. The lowest BCUT2D eigenvalue weighted by Gasteiger charge is -2.27. The summed E-state index contributed by atoms with van der Waals surface area (Å²) in [5.74, 6) is -2.67. The van der Waals surface area contributed by atoms with Gasteiger partial charge in [-0.2, -0.15) is 11.8 Å². The number of amides is 3. The van der Waals surface area contributed by atoms with Gasteiger partial charge in [-0.25, -0.2) is 4.79 Å². The quantitative estimate of drug-likeness (QED) is 0.224. The minimum atomic E-state index is -1.35. The second kappa shape index (κ2) is 12.8. The molecule has 172 valence electrons. The molecule has 5 atom stereocenters. The standard InChI is InChI=1S/C19H34N4O6S/c1-10(2)14(19(28)29)22-18(27)15(11(3)24)23-17(26)13(7-9-30-4)21-16(25)12-6-5-8-20-12/h10-15,20,24H,5-9H2,1-4H3,(H,21,25)(H,22,27)(H,23,26)(H,28,29). The molecule has 1 rings (SSSR count). The molecule has 11 heteroatoms. The second-order valence-corrected chi connectivity index (χ2v) is 8.77. The molecule has 1 fully saturated rings. The number of rotatable bonds is 12. The monoisotopic (exact) mass is 446 g/mol. The maximum Gasteiger partial charge on any atom is 0.326 e. The Morgan fingerprint density at radius 1 is 1.07 bits per heavy atom. The summed E-state index contributed by atoms with van der Waals surface area (Å²) in [5, 5.41) is 29.9. The van der Waals surface area contributed by atoms with Crippen molar-refractivity contribution in [1.82, 2.24) is 21.3 Å². The van der Waals surface area contributed by atoms with Gasteiger partial charge in [0, 0.05) is 0 Å². The summed E-state index contributed by atoms with van der Waals surface area (Å²) >= 11 is 1.51. The van der Waals surface area contributed by atoms with Crippen molar-refractivity contribution < 1.29 is 29.4 Å². The highest BCUT2D eigenvalue weighted by Gasteiger charge is 2.33. The van der Waals surface area contributed by atoms with E-state index in [1.165, 1.54) is 18.7 Å². The zero-order valence-corrected chi connectivity index (χ0v) is 18.8. The third-order valence-corrected chi connectivity index (χ3v) is 5.56. The topological polar surface area (TPSA) is 157 Å². The fraction of sp³-hybridized carbons (Fsp3) is 0.789. The van der Waals surface area contributed by atoms with Gasteiger partial charge in [-0.1, -0.05) is 13.8 Å². The van der Waals surface area contributed by atoms with Gasteiger partial charge in [-0.15, -0.1) is 0 Å². The molecule has 3 amide bonds. The van der Waals surface area contributed by atoms with E-state index in [0.717, 1.165) is 13.0 Å². The summed E-state index contributed by atoms with van der Waals surface area (Å²) in [6.45, 7) is 5.35. The Morgan fingerprint density at radius 3 is 2.17 bits per heavy atom. The molecule has 0 saturated carbocycles. The fourth-order valence-corrected chi connectivity index (χ4v) is 3.57. The van der Waals surface area contributed by atoms with E-state index in [0.29, 0.717) is 18.6 Å². The van der Waals surface area contributed by atoms with Crippen molar-refractivity contribution in [2.24, 2.45) is 5.92 Å². The van der Waals surface area contributed by atoms with Gasteiger partial charge in [0.1, 0.15) is 18.1 Å². The highest BCUT2D eigenvalue weighted by molar-refractivity contribution is 7.98. The number of carboxylic acids is 1. The average Bonchev–Trinajstić information content (AvgIpc) is 3.20. The Kier molecular flexibility index (Phi) is 11.1. The first-order valence-electron chi connectivity index (χ1n) is 10.1. The van der Waals surface area contributed by atoms with E-state index >= 15 is 0 Å². The van der Waals surface area contributed by atoms with E-state index in [9.17, 15) is 29.4 Å². The van der Waals surface area contributed by atoms with Gasteiger partial charge in [-0.05, 0) is 50.7 Å². The number of hydrogen-bond acceptors (Lipinski definition) is 7. The molecule has 1 saturated heterocycles. The molecule has 0 spiro atoms. The number of thioether (sulfide) groups is 1. The van der Waals surface area contributed by atoms with Crippen LogP contribution in [-0.2, 0) is 19.2 Å². The van der Waals surface area contributed by atoms with Crippen LogP contribution in [0.4, 0.5) is 0 Å². The number of hydrogen-bond donors (Lipinski definition) is 6. The number of aliphatic carboxylic acids is 1. The predicted octanol–water partition coefficient (Wildman–Crippen LogP) is -0.933. The minimum Gasteiger partial charge on any atom is -0.480 e. The van der Waals surface area contributed by atoms with Crippen LogP contribution >= 0.6 is 11.8 Å². The van der Waals surface area contributed by atoms with Crippen molar-refractivity contribution >= 4 is 35.5 Å². The van der Waals surface area contributed by atoms with Crippen LogP contribution in [0, 0.1) is 5.92 Å². The number of carboxylic acid groups (broad SMARTS) is 1. The van der Waals surface area contributed by atoms with Gasteiger partial charge >= 0.3 is 5.97 Å². The van der Waals surface area contributed by atoms with E-state index in [1.54, 1.807) is 13.8 Å². The number of aliphatic hydroxyl groups is 1. The van der Waals surface area contributed by atoms with Gasteiger partial charge in [0.25, 0.3) is 0 Å². The maximum absolute atomic E-state index is 12.8. The van der Waals surface area contributed by atoms with E-state index in [-0.39, 0.29) is 17.9 Å². The first kappa shape index (κ1) is 26.2. The lowest BCUT2D eigenvalue weighted by atomic mass is 10.0. The van der Waals surface area contributed by atoms with Crippen molar-refractivity contribution in [2.75, 3.05) is 18.6 Å². The normalized spacial score (nSPS) is 20.1. The predicted molar refractivity (Wildman–Crippen MR) is 114 cm³/mol. The molecule has 0 aromatic carbocycles. The molecule has 0 aliphatic carbocycles. The average molecular weight is 447 g/mol. The molecule has 1 aliphatic rings. The fourth-order valence-electron chi connectivity index (χ4n) is 3.10. The highest BCUT2D eigenvalue weighted by atomic mass is 32.2. The molecule has 0 bridgehead atoms. The van der Waals surface area contributed by atoms with Crippen LogP contribution in [0.5, 0.6) is 0 Å². The summed E-state index contributed by atoms with van der Waals surface area (Å²) in [7, 11) is 0. The summed E-state index contributed by atoms with van der Waals surface area (Å²) < 4.78 is 0. The Balaban J connectivity index is 2.85. The van der Waals surface area contributed by atoms with Crippen LogP contribution in [0.3, 0.4) is 0 Å². The molecule has 10 nitrogen and oxygen atoms in total. The number of carbonyl (C=O) groups is 4. The zero-order valence-electron chi connectivity index (χ0n) is 17.9. The Labute approximate surface area is 181 Å². The summed E-state index contributed by atoms with van der Waals surface area (Å²) in [6.07, 6.45) is 2.53. The molecular formula is C19H34N4O6S. The maximum atomic E-state index is 12.8. The molecule has 30 heavy (non-hydrogen) atoms. The first-order valence-corrected chi connectivity index (χ1v) is 11.5. The molecule has 0 aromatic heterocycles. The van der Waals surface area contributed by atoms with E-state index < -0.39 is 42.0 Å². The Bertz CT molecular complexity index is 610. The second-order valence-electron chi connectivity index (χ2n) is 7.79. The van der Waals surface area contributed by atoms with Gasteiger partial charge in [0.05, 0.1) is 12.1 Å². The van der Waals surface area contributed by atoms with Gasteiger partial charge in [0.15, 0.2) is 0 Å². The van der Waals surface area contributed by atoms with Crippen molar-refractivity contribution in [2.45, 2.75) is 70.3 Å². The highest BCUT2D eigenvalue weighted by Crippen LogP contribution is 2.08. The Morgan fingerprint density at radius 2 is 1.70 bits per heavy atom. The van der Waals surface area contributed by atoms with Crippen molar-refractivity contribution in [3.8, 4) is 0 Å². The molecule has 1 aliphatic heterocycles. The van der Waals surface area contributed by atoms with Gasteiger partial charge in [0.2, 0.25) is 17.7 Å². The Hall–Kier alpha value is -1.85. The summed E-state index contributed by atoms with van der Waals surface area (Å²) in [6, 6.07) is -3.73. The van der Waals surface area contributed by atoms with Crippen LogP contribution in [0.25, 0.3) is 0 Å². The van der Waals surface area contributed by atoms with Gasteiger partial charge in [-0.3, -0.25) is 14.4 Å². The molecule has 0 aromatic rings. The lowest BCUT2D eigenvalue weighted by molar-refractivity contribution is -0.144. The zero-order chi connectivity index (χ0) is 22.8. The third-order valence-electron chi connectivity index (χ3n) is 4.91. The minimum absolute atomic E-state index is 0.280. The number of nitrogens with one attached hydrogen (secondary N) is 4. The van der Waals surface area contributed by atoms with Crippen LogP contribution in [0.15, 0.2) is 0 Å². The molecule has 6 N–H and O–H groups in total. The summed E-state index contributed by atoms with van der Waals surface area (Å²) in [5.41, 5.74) is 0. The number of aliphatic hydroxyl groups excluding tert-OH is 1. The van der Waals surface area contributed by atoms with Crippen molar-refractivity contribution in [3.05, 3.63) is 0 Å². The first-order chi connectivity index (χ1) is 14.1. The van der Waals surface area contributed by atoms with Crippen molar-refractivity contribution in [1.29, 1.82) is 0 Å². The molecule has 1 heterocycles.